The predicted molar refractivity (Wildman–Crippen MR) is 105 cm³/mol. The molecule has 0 N–H and O–H groups in total. The van der Waals surface area contributed by atoms with E-state index in [1.807, 2.05) is 0 Å². The van der Waals surface area contributed by atoms with E-state index in [0.29, 0.717) is 12.6 Å². The number of anilines is 1. The van der Waals surface area contributed by atoms with Crippen molar-refractivity contribution in [1.82, 2.24) is 4.90 Å². The molecule has 1 unspecified atom stereocenters. The van der Waals surface area contributed by atoms with E-state index in [4.69, 9.17) is 4.74 Å². The summed E-state index contributed by atoms with van der Waals surface area (Å²) in [6.45, 7) is 4.34. The highest BCUT2D eigenvalue weighted by Crippen LogP contribution is 2.38. The van der Waals surface area contributed by atoms with E-state index in [-0.39, 0.29) is 12.6 Å². The number of hydrogen-bond donors (Lipinski definition) is 0. The predicted octanol–water partition coefficient (Wildman–Crippen LogP) is 2.64. The van der Waals surface area contributed by atoms with Gasteiger partial charge >= 0.3 is 5.97 Å². The van der Waals surface area contributed by atoms with E-state index >= 15 is 0 Å². The average Bonchev–Trinajstić information content (AvgIpc) is 2.85. The maximum atomic E-state index is 11.2. The Hall–Kier alpha value is -2.37. The molecule has 0 saturated carbocycles. The standard InChI is InChI=1S/C22H26N2O3/c1-26-22(25)16-27-13-12-23-10-11-24-20-9-5-3-7-18(20)14-17-6-2-4-8-19(17)21(24)15-23/h2-9,21H,10-16H2,1H3. The lowest BCUT2D eigenvalue weighted by Gasteiger charge is -2.43. The van der Waals surface area contributed by atoms with Crippen LogP contribution in [-0.4, -0.2) is 57.4 Å². The van der Waals surface area contributed by atoms with Crippen LogP contribution in [0.1, 0.15) is 22.7 Å². The van der Waals surface area contributed by atoms with Crippen LogP contribution in [0, 0.1) is 0 Å². The smallest absolute Gasteiger partial charge is 0.331 e. The second-order valence-corrected chi connectivity index (χ2v) is 7.14. The molecule has 1 atom stereocenters. The number of esters is 1. The van der Waals surface area contributed by atoms with E-state index in [1.54, 1.807) is 0 Å². The molecule has 0 radical (unpaired) electrons. The Morgan fingerprint density at radius 2 is 1.85 bits per heavy atom. The van der Waals surface area contributed by atoms with Gasteiger partial charge in [0.1, 0.15) is 6.61 Å². The zero-order valence-electron chi connectivity index (χ0n) is 15.8. The summed E-state index contributed by atoms with van der Waals surface area (Å²) in [4.78, 5) is 16.2. The van der Waals surface area contributed by atoms with Gasteiger partial charge in [-0.3, -0.25) is 4.90 Å². The van der Waals surface area contributed by atoms with Gasteiger partial charge in [0.05, 0.1) is 19.8 Å². The number of carbonyl (C=O) groups excluding carboxylic acids is 1. The number of methoxy groups -OCH3 is 1. The topological polar surface area (TPSA) is 42.0 Å². The van der Waals surface area contributed by atoms with E-state index in [9.17, 15) is 4.79 Å². The maximum Gasteiger partial charge on any atom is 0.331 e. The second kappa shape index (κ2) is 8.11. The number of carbonyl (C=O) groups is 1. The van der Waals surface area contributed by atoms with Crippen molar-refractivity contribution < 1.29 is 14.3 Å². The van der Waals surface area contributed by atoms with Gasteiger partial charge in [-0.15, -0.1) is 0 Å². The Balaban J connectivity index is 1.50. The molecule has 0 spiro atoms. The molecule has 0 amide bonds. The molecule has 142 valence electrons. The van der Waals surface area contributed by atoms with Gasteiger partial charge in [0.15, 0.2) is 0 Å². The second-order valence-electron chi connectivity index (χ2n) is 7.14. The minimum atomic E-state index is -0.325. The molecule has 0 bridgehead atoms. The van der Waals surface area contributed by atoms with Crippen molar-refractivity contribution in [1.29, 1.82) is 0 Å². The third-order valence-corrected chi connectivity index (χ3v) is 5.56. The van der Waals surface area contributed by atoms with Crippen molar-refractivity contribution >= 4 is 11.7 Å². The lowest BCUT2D eigenvalue weighted by Crippen LogP contribution is -2.49. The van der Waals surface area contributed by atoms with E-state index < -0.39 is 0 Å². The van der Waals surface area contributed by atoms with Crippen molar-refractivity contribution in [2.75, 3.05) is 51.4 Å². The molecular formula is C22H26N2O3. The van der Waals surface area contributed by atoms with E-state index in [1.165, 1.54) is 29.5 Å². The normalized spacial score (nSPS) is 18.9. The summed E-state index contributed by atoms with van der Waals surface area (Å²) in [5.41, 5.74) is 5.61. The molecule has 1 fully saturated rings. The molecule has 27 heavy (non-hydrogen) atoms. The molecule has 2 aromatic rings. The molecule has 2 aliphatic rings. The number of para-hydroxylation sites is 1. The summed E-state index contributed by atoms with van der Waals surface area (Å²) in [6, 6.07) is 17.9. The van der Waals surface area contributed by atoms with Crippen LogP contribution in [0.5, 0.6) is 0 Å². The fourth-order valence-corrected chi connectivity index (χ4v) is 4.17. The molecule has 2 aliphatic heterocycles. The zero-order valence-corrected chi connectivity index (χ0v) is 15.8. The Labute approximate surface area is 160 Å². The van der Waals surface area contributed by atoms with Crippen LogP contribution in [0.3, 0.4) is 0 Å². The van der Waals surface area contributed by atoms with Gasteiger partial charge in [-0.05, 0) is 29.2 Å². The summed E-state index contributed by atoms with van der Waals surface area (Å²) in [5.74, 6) is -0.325. The van der Waals surface area contributed by atoms with Crippen LogP contribution in [0.25, 0.3) is 0 Å². The number of hydrogen-bond acceptors (Lipinski definition) is 5. The van der Waals surface area contributed by atoms with Crippen LogP contribution in [0.15, 0.2) is 48.5 Å². The highest BCUT2D eigenvalue weighted by atomic mass is 16.6. The lowest BCUT2D eigenvalue weighted by molar-refractivity contribution is -0.146. The Morgan fingerprint density at radius 1 is 1.07 bits per heavy atom. The monoisotopic (exact) mass is 366 g/mol. The molecule has 1 saturated heterocycles. The number of rotatable bonds is 5. The fourth-order valence-electron chi connectivity index (χ4n) is 4.17. The van der Waals surface area contributed by atoms with Crippen molar-refractivity contribution in [3.63, 3.8) is 0 Å². The summed E-state index contributed by atoms with van der Waals surface area (Å²) in [7, 11) is 1.38. The van der Waals surface area contributed by atoms with E-state index in [2.05, 4.69) is 63.1 Å². The van der Waals surface area contributed by atoms with Crippen LogP contribution in [0.4, 0.5) is 5.69 Å². The fraction of sp³-hybridized carbons (Fsp3) is 0.409. The number of fused-ring (bicyclic) bond motifs is 5. The molecule has 2 aromatic carbocycles. The molecule has 5 nitrogen and oxygen atoms in total. The van der Waals surface area contributed by atoms with Gasteiger partial charge < -0.3 is 14.4 Å². The summed E-state index contributed by atoms with van der Waals surface area (Å²) < 4.78 is 10.1. The molecule has 4 rings (SSSR count). The maximum absolute atomic E-state index is 11.2. The third kappa shape index (κ3) is 3.84. The van der Waals surface area contributed by atoms with Crippen molar-refractivity contribution in [3.05, 3.63) is 65.2 Å². The van der Waals surface area contributed by atoms with Crippen LogP contribution in [-0.2, 0) is 20.7 Å². The molecule has 0 aromatic heterocycles. The first-order chi connectivity index (χ1) is 13.3. The summed E-state index contributed by atoms with van der Waals surface area (Å²) in [6.07, 6.45) is 0.988. The lowest BCUT2D eigenvalue weighted by atomic mass is 9.96. The quantitative estimate of drug-likeness (QED) is 0.601. The first-order valence-electron chi connectivity index (χ1n) is 9.55. The van der Waals surface area contributed by atoms with Gasteiger partial charge in [0.25, 0.3) is 0 Å². The Kier molecular flexibility index (Phi) is 5.41. The van der Waals surface area contributed by atoms with Crippen LogP contribution in [0.2, 0.25) is 0 Å². The molecular weight excluding hydrogens is 340 g/mol. The molecule has 5 heteroatoms. The van der Waals surface area contributed by atoms with Crippen molar-refractivity contribution in [2.45, 2.75) is 12.5 Å². The number of ether oxygens (including phenoxy) is 2. The van der Waals surface area contributed by atoms with Crippen LogP contribution >= 0.6 is 0 Å². The number of benzene rings is 2. The van der Waals surface area contributed by atoms with Crippen molar-refractivity contribution in [2.24, 2.45) is 0 Å². The molecule has 2 heterocycles. The summed E-state index contributed by atoms with van der Waals surface area (Å²) >= 11 is 0. The zero-order chi connectivity index (χ0) is 18.6. The minimum Gasteiger partial charge on any atom is -0.467 e. The number of piperazine rings is 1. The van der Waals surface area contributed by atoms with Gasteiger partial charge in [0, 0.05) is 31.9 Å². The number of nitrogens with zero attached hydrogens (tertiary/aromatic N) is 2. The minimum absolute atomic E-state index is 0.0239. The Bertz CT molecular complexity index is 808. The van der Waals surface area contributed by atoms with Gasteiger partial charge in [-0.25, -0.2) is 4.79 Å². The van der Waals surface area contributed by atoms with E-state index in [0.717, 1.165) is 32.6 Å². The van der Waals surface area contributed by atoms with Crippen LogP contribution < -0.4 is 4.90 Å². The highest BCUT2D eigenvalue weighted by Gasteiger charge is 2.32. The SMILES string of the molecule is COC(=O)COCCN1CCN2c3ccccc3Cc3ccccc3C2C1. The largest absolute Gasteiger partial charge is 0.467 e. The van der Waals surface area contributed by atoms with Gasteiger partial charge in [-0.1, -0.05) is 42.5 Å². The highest BCUT2D eigenvalue weighted by molar-refractivity contribution is 5.70. The van der Waals surface area contributed by atoms with Crippen molar-refractivity contribution in [3.8, 4) is 0 Å². The van der Waals surface area contributed by atoms with Gasteiger partial charge in [-0.2, -0.15) is 0 Å². The average molecular weight is 366 g/mol. The van der Waals surface area contributed by atoms with Gasteiger partial charge in [0.2, 0.25) is 0 Å². The summed E-state index contributed by atoms with van der Waals surface area (Å²) in [5, 5.41) is 0. The first kappa shape index (κ1) is 18.0. The third-order valence-electron chi connectivity index (χ3n) is 5.56. The Morgan fingerprint density at radius 3 is 2.70 bits per heavy atom. The first-order valence-corrected chi connectivity index (χ1v) is 9.55. The molecule has 0 aliphatic carbocycles.